The highest BCUT2D eigenvalue weighted by atomic mass is 16.5. The predicted octanol–water partition coefficient (Wildman–Crippen LogP) is 4.43. The molecule has 0 saturated carbocycles. The molecule has 0 unspecified atom stereocenters. The van der Waals surface area contributed by atoms with Crippen LogP contribution in [-0.2, 0) is 0 Å². The Balaban J connectivity index is 1.10. The maximum Gasteiger partial charge on any atom is 0.261 e. The van der Waals surface area contributed by atoms with E-state index in [-0.39, 0.29) is 11.8 Å². The first-order valence-electron chi connectivity index (χ1n) is 11.5. The first-order valence-corrected chi connectivity index (χ1v) is 11.5. The zero-order chi connectivity index (χ0) is 22.1. The summed E-state index contributed by atoms with van der Waals surface area (Å²) < 4.78 is 5.41. The van der Waals surface area contributed by atoms with Gasteiger partial charge in [-0.25, -0.2) is 0 Å². The van der Waals surface area contributed by atoms with Crippen molar-refractivity contribution in [2.24, 2.45) is 0 Å². The number of methoxy groups -OCH3 is 1. The third kappa shape index (κ3) is 3.79. The van der Waals surface area contributed by atoms with E-state index in [1.165, 1.54) is 15.8 Å². The monoisotopic (exact) mass is 431 g/mol. The normalized spacial score (nSPS) is 17.3. The Bertz CT molecular complexity index is 1110. The number of H-pyrrole nitrogens is 1. The summed E-state index contributed by atoms with van der Waals surface area (Å²) in [4.78, 5) is 32.3. The van der Waals surface area contributed by atoms with Crippen LogP contribution in [-0.4, -0.2) is 59.9 Å². The summed E-state index contributed by atoms with van der Waals surface area (Å²) in [6, 6.07) is 13.3. The van der Waals surface area contributed by atoms with E-state index in [2.05, 4.69) is 28.2 Å². The molecule has 1 saturated heterocycles. The minimum Gasteiger partial charge on any atom is -0.497 e. The Morgan fingerprint density at radius 3 is 2.34 bits per heavy atom. The molecule has 0 radical (unpaired) electrons. The molecule has 2 aliphatic heterocycles. The number of hydrogen-bond donors (Lipinski definition) is 1. The highest BCUT2D eigenvalue weighted by Gasteiger charge is 2.34. The molecular formula is C26H29N3O3. The highest BCUT2D eigenvalue weighted by molar-refractivity contribution is 6.21. The number of benzene rings is 2. The molecule has 0 bridgehead atoms. The molecule has 0 spiro atoms. The number of carbonyl (C=O) groups is 2. The molecule has 1 N–H and O–H groups in total. The molecule has 166 valence electrons. The van der Waals surface area contributed by atoms with Crippen LogP contribution in [0.4, 0.5) is 0 Å². The number of nitrogens with zero attached hydrogens (tertiary/aromatic N) is 2. The number of rotatable bonds is 7. The number of amides is 2. The van der Waals surface area contributed by atoms with Gasteiger partial charge in [-0.1, -0.05) is 12.1 Å². The molecule has 32 heavy (non-hydrogen) atoms. The van der Waals surface area contributed by atoms with Gasteiger partial charge in [-0.15, -0.1) is 0 Å². The second-order valence-corrected chi connectivity index (χ2v) is 8.79. The summed E-state index contributed by atoms with van der Waals surface area (Å²) in [6.07, 6.45) is 6.27. The lowest BCUT2D eigenvalue weighted by molar-refractivity contribution is 0.0649. The van der Waals surface area contributed by atoms with Crippen molar-refractivity contribution in [3.63, 3.8) is 0 Å². The van der Waals surface area contributed by atoms with E-state index in [0.29, 0.717) is 23.6 Å². The van der Waals surface area contributed by atoms with Gasteiger partial charge in [0.05, 0.1) is 18.2 Å². The molecule has 3 aromatic rings. The lowest BCUT2D eigenvalue weighted by Crippen LogP contribution is -2.34. The van der Waals surface area contributed by atoms with Gasteiger partial charge in [-0.3, -0.25) is 14.5 Å². The molecule has 2 aliphatic rings. The summed E-state index contributed by atoms with van der Waals surface area (Å²) in [7, 11) is 1.71. The van der Waals surface area contributed by atoms with Crippen LogP contribution in [0.3, 0.4) is 0 Å². The van der Waals surface area contributed by atoms with Crippen molar-refractivity contribution >= 4 is 22.7 Å². The number of fused-ring (bicyclic) bond motifs is 2. The predicted molar refractivity (Wildman–Crippen MR) is 124 cm³/mol. The molecule has 5 rings (SSSR count). The van der Waals surface area contributed by atoms with E-state index >= 15 is 0 Å². The summed E-state index contributed by atoms with van der Waals surface area (Å²) in [5, 5.41) is 1.27. The van der Waals surface area contributed by atoms with Crippen molar-refractivity contribution in [3.8, 4) is 5.75 Å². The van der Waals surface area contributed by atoms with Gasteiger partial charge in [-0.05, 0) is 87.1 Å². The van der Waals surface area contributed by atoms with Gasteiger partial charge >= 0.3 is 0 Å². The fourth-order valence-corrected chi connectivity index (χ4v) is 5.10. The summed E-state index contributed by atoms with van der Waals surface area (Å²) in [5.41, 5.74) is 3.63. The number of aromatic nitrogens is 1. The van der Waals surface area contributed by atoms with Crippen molar-refractivity contribution < 1.29 is 14.3 Å². The fourth-order valence-electron chi connectivity index (χ4n) is 5.10. The molecule has 3 heterocycles. The number of aromatic amines is 1. The van der Waals surface area contributed by atoms with Crippen molar-refractivity contribution in [3.05, 3.63) is 65.4 Å². The Morgan fingerprint density at radius 2 is 1.66 bits per heavy atom. The van der Waals surface area contributed by atoms with Crippen LogP contribution in [0.2, 0.25) is 0 Å². The quantitative estimate of drug-likeness (QED) is 0.444. The maximum atomic E-state index is 12.5. The van der Waals surface area contributed by atoms with Gasteiger partial charge in [0.2, 0.25) is 0 Å². The lowest BCUT2D eigenvalue weighted by Gasteiger charge is -2.32. The standard InChI is InChI=1S/C26H29N3O3/c1-32-19-8-9-24-22(16-19)23(17-27-24)18-10-14-28(15-11-18)12-4-5-13-29-25(30)20-6-2-3-7-21(20)26(29)31/h2-3,6-9,16-18,27H,4-5,10-15H2,1H3. The zero-order valence-corrected chi connectivity index (χ0v) is 18.5. The van der Waals surface area contributed by atoms with E-state index in [9.17, 15) is 9.59 Å². The van der Waals surface area contributed by atoms with Crippen molar-refractivity contribution in [1.82, 2.24) is 14.8 Å². The summed E-state index contributed by atoms with van der Waals surface area (Å²) in [5.74, 6) is 1.16. The van der Waals surface area contributed by atoms with Gasteiger partial charge in [-0.2, -0.15) is 0 Å². The molecule has 2 amide bonds. The molecule has 6 heteroatoms. The van der Waals surface area contributed by atoms with E-state index in [4.69, 9.17) is 4.74 Å². The van der Waals surface area contributed by atoms with E-state index in [0.717, 1.165) is 56.6 Å². The second-order valence-electron chi connectivity index (χ2n) is 8.79. The van der Waals surface area contributed by atoms with Crippen LogP contribution in [0.1, 0.15) is 57.9 Å². The molecule has 0 atom stereocenters. The van der Waals surface area contributed by atoms with Crippen molar-refractivity contribution in [2.45, 2.75) is 31.6 Å². The third-order valence-electron chi connectivity index (χ3n) is 6.93. The molecule has 0 aliphatic carbocycles. The van der Waals surface area contributed by atoms with Gasteiger partial charge in [0.25, 0.3) is 11.8 Å². The Hall–Kier alpha value is -3.12. The molecular weight excluding hydrogens is 402 g/mol. The van der Waals surface area contributed by atoms with Crippen LogP contribution >= 0.6 is 0 Å². The highest BCUT2D eigenvalue weighted by Crippen LogP contribution is 2.34. The number of imide groups is 1. The van der Waals surface area contributed by atoms with Crippen LogP contribution in [0.15, 0.2) is 48.7 Å². The number of nitrogens with one attached hydrogen (secondary N) is 1. The average molecular weight is 432 g/mol. The number of likely N-dealkylation sites (tertiary alicyclic amines) is 1. The lowest BCUT2D eigenvalue weighted by atomic mass is 9.89. The SMILES string of the molecule is COc1ccc2[nH]cc(C3CCN(CCCCN4C(=O)c5ccccc5C4=O)CC3)c2c1. The number of hydrogen-bond acceptors (Lipinski definition) is 4. The Morgan fingerprint density at radius 1 is 0.969 bits per heavy atom. The number of unbranched alkanes of at least 4 members (excludes halogenated alkanes) is 1. The topological polar surface area (TPSA) is 65.6 Å². The van der Waals surface area contributed by atoms with Gasteiger partial charge in [0.15, 0.2) is 0 Å². The third-order valence-corrected chi connectivity index (χ3v) is 6.93. The molecule has 1 aromatic heterocycles. The van der Waals surface area contributed by atoms with E-state index < -0.39 is 0 Å². The fraction of sp³-hybridized carbons (Fsp3) is 0.385. The molecule has 1 fully saturated rings. The number of carbonyl (C=O) groups excluding carboxylic acids is 2. The summed E-state index contributed by atoms with van der Waals surface area (Å²) in [6.45, 7) is 3.67. The minimum atomic E-state index is -0.151. The Kier molecular flexibility index (Phi) is 5.70. The smallest absolute Gasteiger partial charge is 0.261 e. The largest absolute Gasteiger partial charge is 0.497 e. The van der Waals surface area contributed by atoms with Gasteiger partial charge < -0.3 is 14.6 Å². The van der Waals surface area contributed by atoms with Crippen molar-refractivity contribution in [2.75, 3.05) is 33.3 Å². The molecule has 6 nitrogen and oxygen atoms in total. The van der Waals surface area contributed by atoms with E-state index in [1.807, 2.05) is 18.2 Å². The van der Waals surface area contributed by atoms with Gasteiger partial charge in [0, 0.05) is 23.6 Å². The summed E-state index contributed by atoms with van der Waals surface area (Å²) >= 11 is 0. The number of piperidine rings is 1. The Labute approximate surface area is 188 Å². The van der Waals surface area contributed by atoms with Crippen LogP contribution < -0.4 is 4.74 Å². The van der Waals surface area contributed by atoms with Crippen LogP contribution in [0.25, 0.3) is 10.9 Å². The second kappa shape index (κ2) is 8.79. The van der Waals surface area contributed by atoms with E-state index in [1.54, 1.807) is 19.2 Å². The maximum absolute atomic E-state index is 12.5. The van der Waals surface area contributed by atoms with Crippen molar-refractivity contribution in [1.29, 1.82) is 0 Å². The first kappa shape index (κ1) is 20.8. The van der Waals surface area contributed by atoms with Gasteiger partial charge in [0.1, 0.15) is 5.75 Å². The van der Waals surface area contributed by atoms with Crippen LogP contribution in [0, 0.1) is 0 Å². The zero-order valence-electron chi connectivity index (χ0n) is 18.5. The minimum absolute atomic E-state index is 0.151. The number of ether oxygens (including phenoxy) is 1. The first-order chi connectivity index (χ1) is 15.7. The van der Waals surface area contributed by atoms with Crippen LogP contribution in [0.5, 0.6) is 5.75 Å². The average Bonchev–Trinajstić information content (AvgIpc) is 3.36. The molecule has 2 aromatic carbocycles.